The third kappa shape index (κ3) is 5.29. The van der Waals surface area contributed by atoms with Gasteiger partial charge in [-0.3, -0.25) is 19.3 Å². The molecule has 9 heteroatoms. The lowest BCUT2D eigenvalue weighted by Gasteiger charge is -2.13. The molecular weight excluding hydrogens is 353 g/mol. The number of nitrogens with zero attached hydrogens (tertiary/aromatic N) is 1. The van der Waals surface area contributed by atoms with E-state index in [1.807, 2.05) is 6.92 Å². The third-order valence-electron chi connectivity index (χ3n) is 3.75. The molecule has 0 saturated heterocycles. The van der Waals surface area contributed by atoms with Crippen LogP contribution in [0.25, 0.3) is 0 Å². The van der Waals surface area contributed by atoms with Gasteiger partial charge in [0.1, 0.15) is 6.61 Å². The number of rotatable bonds is 8. The van der Waals surface area contributed by atoms with Gasteiger partial charge in [0.05, 0.1) is 17.7 Å². The highest BCUT2D eigenvalue weighted by Crippen LogP contribution is 2.24. The van der Waals surface area contributed by atoms with Crippen molar-refractivity contribution in [3.8, 4) is 0 Å². The fourth-order valence-corrected chi connectivity index (χ4v) is 2.54. The number of imide groups is 1. The van der Waals surface area contributed by atoms with Crippen molar-refractivity contribution in [2.75, 3.05) is 26.3 Å². The van der Waals surface area contributed by atoms with E-state index < -0.39 is 12.8 Å². The van der Waals surface area contributed by atoms with Gasteiger partial charge in [-0.05, 0) is 25.5 Å². The van der Waals surface area contributed by atoms with Crippen molar-refractivity contribution < 1.29 is 32.3 Å². The molecule has 1 N–H and O–H groups in total. The zero-order chi connectivity index (χ0) is 19.3. The first-order chi connectivity index (χ1) is 12.2. The number of ether oxygens (including phenoxy) is 1. The molecule has 0 spiro atoms. The Kier molecular flexibility index (Phi) is 6.36. The predicted molar refractivity (Wildman–Crippen MR) is 85.7 cm³/mol. The maximum absolute atomic E-state index is 12.3. The first-order valence-corrected chi connectivity index (χ1v) is 8.07. The van der Waals surface area contributed by atoms with Crippen LogP contribution in [0.3, 0.4) is 0 Å². The average molecular weight is 372 g/mol. The molecule has 0 aliphatic carbocycles. The summed E-state index contributed by atoms with van der Waals surface area (Å²) in [5, 5.41) is 2.42. The van der Waals surface area contributed by atoms with E-state index in [0.29, 0.717) is 11.1 Å². The quantitative estimate of drug-likeness (QED) is 0.560. The van der Waals surface area contributed by atoms with Crippen LogP contribution >= 0.6 is 0 Å². The first kappa shape index (κ1) is 19.9. The summed E-state index contributed by atoms with van der Waals surface area (Å²) in [5.41, 5.74) is 1.59. The van der Waals surface area contributed by atoms with Crippen LogP contribution in [0, 0.1) is 6.92 Å². The van der Waals surface area contributed by atoms with E-state index in [1.165, 1.54) is 0 Å². The molecule has 1 aromatic rings. The van der Waals surface area contributed by atoms with Gasteiger partial charge < -0.3 is 10.1 Å². The van der Waals surface area contributed by atoms with Crippen LogP contribution in [-0.2, 0) is 9.53 Å². The second kappa shape index (κ2) is 8.31. The van der Waals surface area contributed by atoms with Gasteiger partial charge in [-0.1, -0.05) is 11.6 Å². The van der Waals surface area contributed by atoms with Gasteiger partial charge >= 0.3 is 6.18 Å². The van der Waals surface area contributed by atoms with Gasteiger partial charge in [-0.15, -0.1) is 0 Å². The molecule has 0 bridgehead atoms. The van der Waals surface area contributed by atoms with Crippen molar-refractivity contribution in [3.05, 3.63) is 34.9 Å². The molecule has 3 amide bonds. The second-order valence-electron chi connectivity index (χ2n) is 5.93. The molecule has 0 fully saturated rings. The number of carbonyl (C=O) groups is 3. The molecule has 1 aliphatic rings. The topological polar surface area (TPSA) is 75.7 Å². The average Bonchev–Trinajstić information content (AvgIpc) is 2.78. The first-order valence-electron chi connectivity index (χ1n) is 8.07. The van der Waals surface area contributed by atoms with Crippen molar-refractivity contribution in [1.82, 2.24) is 10.2 Å². The number of hydrogen-bond acceptors (Lipinski definition) is 4. The van der Waals surface area contributed by atoms with E-state index in [4.69, 9.17) is 0 Å². The number of aryl methyl sites for hydroxylation is 1. The SMILES string of the molecule is Cc1ccc2c(c1)C(=O)N(CCCC(=O)NCCOCC(F)(F)F)C2=O. The minimum Gasteiger partial charge on any atom is -0.370 e. The van der Waals surface area contributed by atoms with Crippen molar-refractivity contribution in [1.29, 1.82) is 0 Å². The predicted octanol–water partition coefficient (Wildman–Crippen LogP) is 2.07. The Balaban J connectivity index is 1.69. The molecule has 0 radical (unpaired) electrons. The normalized spacial score (nSPS) is 13.9. The lowest BCUT2D eigenvalue weighted by molar-refractivity contribution is -0.173. The molecule has 0 saturated carbocycles. The van der Waals surface area contributed by atoms with E-state index in [9.17, 15) is 27.6 Å². The number of fused-ring (bicyclic) bond motifs is 1. The molecule has 142 valence electrons. The third-order valence-corrected chi connectivity index (χ3v) is 3.75. The van der Waals surface area contributed by atoms with E-state index in [1.54, 1.807) is 18.2 Å². The van der Waals surface area contributed by atoms with Crippen molar-refractivity contribution in [2.45, 2.75) is 25.9 Å². The molecule has 0 unspecified atom stereocenters. The van der Waals surface area contributed by atoms with E-state index in [-0.39, 0.29) is 50.3 Å². The van der Waals surface area contributed by atoms with Crippen molar-refractivity contribution in [3.63, 3.8) is 0 Å². The molecule has 1 heterocycles. The molecule has 1 aliphatic heterocycles. The van der Waals surface area contributed by atoms with E-state index in [2.05, 4.69) is 10.1 Å². The van der Waals surface area contributed by atoms with Gasteiger partial charge in [0.2, 0.25) is 5.91 Å². The van der Waals surface area contributed by atoms with Crippen LogP contribution in [0.2, 0.25) is 0 Å². The Hall–Kier alpha value is -2.42. The fourth-order valence-electron chi connectivity index (χ4n) is 2.54. The standard InChI is InChI=1S/C17H19F3N2O4/c1-11-4-5-12-13(9-11)16(25)22(15(12)24)7-2-3-14(23)21-6-8-26-10-17(18,19)20/h4-5,9H,2-3,6-8,10H2,1H3,(H,21,23). The minimum absolute atomic E-state index is 0.0405. The van der Waals surface area contributed by atoms with Crippen LogP contribution in [0.4, 0.5) is 13.2 Å². The summed E-state index contributed by atoms with van der Waals surface area (Å²) >= 11 is 0. The van der Waals surface area contributed by atoms with Crippen LogP contribution in [0.15, 0.2) is 18.2 Å². The maximum Gasteiger partial charge on any atom is 0.411 e. The second-order valence-corrected chi connectivity index (χ2v) is 5.93. The lowest BCUT2D eigenvalue weighted by atomic mass is 10.1. The molecule has 2 rings (SSSR count). The summed E-state index contributed by atoms with van der Waals surface area (Å²) in [6, 6.07) is 5.02. The fraction of sp³-hybridized carbons (Fsp3) is 0.471. The van der Waals surface area contributed by atoms with Crippen LogP contribution < -0.4 is 5.32 Å². The summed E-state index contributed by atoms with van der Waals surface area (Å²) < 4.78 is 40.0. The Labute approximate surface area is 148 Å². The van der Waals surface area contributed by atoms with Crippen molar-refractivity contribution >= 4 is 17.7 Å². The largest absolute Gasteiger partial charge is 0.411 e. The highest BCUT2D eigenvalue weighted by Gasteiger charge is 2.35. The summed E-state index contributed by atoms with van der Waals surface area (Å²) in [6.07, 6.45) is -4.08. The summed E-state index contributed by atoms with van der Waals surface area (Å²) in [6.45, 7) is 0.277. The Morgan fingerprint density at radius 2 is 1.88 bits per heavy atom. The molecule has 1 aromatic carbocycles. The number of carbonyl (C=O) groups excluding carboxylic acids is 3. The number of benzene rings is 1. The van der Waals surface area contributed by atoms with Gasteiger partial charge in [-0.2, -0.15) is 13.2 Å². The number of halogens is 3. The molecule has 0 atom stereocenters. The Morgan fingerprint density at radius 1 is 1.19 bits per heavy atom. The zero-order valence-corrected chi connectivity index (χ0v) is 14.2. The monoisotopic (exact) mass is 372 g/mol. The van der Waals surface area contributed by atoms with E-state index in [0.717, 1.165) is 10.5 Å². The van der Waals surface area contributed by atoms with Crippen molar-refractivity contribution in [2.24, 2.45) is 0 Å². The Morgan fingerprint density at radius 3 is 2.58 bits per heavy atom. The molecular formula is C17H19F3N2O4. The van der Waals surface area contributed by atoms with E-state index >= 15 is 0 Å². The van der Waals surface area contributed by atoms with Gasteiger partial charge in [0.15, 0.2) is 0 Å². The number of alkyl halides is 3. The number of amides is 3. The Bertz CT molecular complexity index is 704. The minimum atomic E-state index is -4.39. The summed E-state index contributed by atoms with van der Waals surface area (Å²) in [7, 11) is 0. The molecule has 6 nitrogen and oxygen atoms in total. The smallest absolute Gasteiger partial charge is 0.370 e. The summed E-state index contributed by atoms with van der Waals surface area (Å²) in [4.78, 5) is 37.2. The number of hydrogen-bond donors (Lipinski definition) is 1. The van der Waals surface area contributed by atoms with Crippen LogP contribution in [0.1, 0.15) is 39.1 Å². The lowest BCUT2D eigenvalue weighted by Crippen LogP contribution is -2.32. The van der Waals surface area contributed by atoms with Crippen LogP contribution in [-0.4, -0.2) is 55.1 Å². The van der Waals surface area contributed by atoms with Gasteiger partial charge in [0.25, 0.3) is 11.8 Å². The molecule has 26 heavy (non-hydrogen) atoms. The highest BCUT2D eigenvalue weighted by atomic mass is 19.4. The maximum atomic E-state index is 12.3. The van der Waals surface area contributed by atoms with Gasteiger partial charge in [0, 0.05) is 19.5 Å². The number of nitrogens with one attached hydrogen (secondary N) is 1. The highest BCUT2D eigenvalue weighted by molar-refractivity contribution is 6.21. The zero-order valence-electron chi connectivity index (χ0n) is 14.2. The summed E-state index contributed by atoms with van der Waals surface area (Å²) in [5.74, 6) is -1.14. The van der Waals surface area contributed by atoms with Gasteiger partial charge in [-0.25, -0.2) is 0 Å². The van der Waals surface area contributed by atoms with Crippen LogP contribution in [0.5, 0.6) is 0 Å². The molecule has 0 aromatic heterocycles.